The molecule has 5 heteroatoms. The van der Waals surface area contributed by atoms with Crippen molar-refractivity contribution in [2.75, 3.05) is 7.11 Å². The van der Waals surface area contributed by atoms with Gasteiger partial charge in [-0.25, -0.2) is 9.78 Å². The SMILES string of the molecule is COc1nc(Cl)ccc1C(C)(C)N=C=O. The Kier molecular flexibility index (Phi) is 3.45. The molecule has 0 bridgehead atoms. The third-order valence-electron chi connectivity index (χ3n) is 2.00. The summed E-state index contributed by atoms with van der Waals surface area (Å²) in [5.74, 6) is 0.367. The van der Waals surface area contributed by atoms with Gasteiger partial charge in [0.25, 0.3) is 0 Å². The van der Waals surface area contributed by atoms with E-state index in [1.807, 2.05) is 0 Å². The zero-order chi connectivity index (χ0) is 11.5. The van der Waals surface area contributed by atoms with Crippen molar-refractivity contribution in [3.8, 4) is 5.88 Å². The zero-order valence-electron chi connectivity index (χ0n) is 8.74. The third kappa shape index (κ3) is 2.55. The Labute approximate surface area is 92.9 Å². The molecule has 0 aliphatic heterocycles. The van der Waals surface area contributed by atoms with Gasteiger partial charge in [0, 0.05) is 5.56 Å². The van der Waals surface area contributed by atoms with Crippen LogP contribution in [-0.2, 0) is 10.3 Å². The molecular formula is C10H11ClN2O2. The molecular weight excluding hydrogens is 216 g/mol. The summed E-state index contributed by atoms with van der Waals surface area (Å²) >= 11 is 5.72. The van der Waals surface area contributed by atoms with Crippen LogP contribution in [-0.4, -0.2) is 18.2 Å². The zero-order valence-corrected chi connectivity index (χ0v) is 9.50. The minimum absolute atomic E-state index is 0.335. The van der Waals surface area contributed by atoms with E-state index in [9.17, 15) is 4.79 Å². The number of hydrogen-bond donors (Lipinski definition) is 0. The number of carbonyl (C=O) groups excluding carboxylic acids is 1. The molecule has 4 nitrogen and oxygen atoms in total. The van der Waals surface area contributed by atoms with Crippen molar-refractivity contribution in [1.29, 1.82) is 0 Å². The molecule has 0 aliphatic carbocycles. The van der Waals surface area contributed by atoms with Crippen LogP contribution in [0.15, 0.2) is 17.1 Å². The minimum atomic E-state index is -0.718. The number of halogens is 1. The summed E-state index contributed by atoms with van der Waals surface area (Å²) in [6.45, 7) is 3.54. The topological polar surface area (TPSA) is 51.6 Å². The summed E-state index contributed by atoms with van der Waals surface area (Å²) in [6.07, 6.45) is 1.53. The minimum Gasteiger partial charge on any atom is -0.481 e. The first-order chi connectivity index (χ1) is 7.01. The standard InChI is InChI=1S/C10H11ClN2O2/c1-10(2,12-6-14)7-4-5-8(11)13-9(7)15-3/h4-5H,1-3H3. The van der Waals surface area contributed by atoms with Crippen molar-refractivity contribution >= 4 is 17.7 Å². The lowest BCUT2D eigenvalue weighted by Gasteiger charge is -2.19. The number of nitrogens with zero attached hydrogens (tertiary/aromatic N) is 2. The van der Waals surface area contributed by atoms with Crippen LogP contribution in [0.25, 0.3) is 0 Å². The molecule has 0 amide bonds. The smallest absolute Gasteiger partial charge is 0.235 e. The quantitative estimate of drug-likeness (QED) is 0.452. The first-order valence-electron chi connectivity index (χ1n) is 4.31. The molecule has 1 aromatic rings. The maximum atomic E-state index is 10.3. The van der Waals surface area contributed by atoms with Gasteiger partial charge < -0.3 is 4.74 Å². The van der Waals surface area contributed by atoms with E-state index >= 15 is 0 Å². The predicted octanol–water partition coefficient (Wildman–Crippen LogP) is 2.31. The Bertz CT molecular complexity index is 412. The number of methoxy groups -OCH3 is 1. The lowest BCUT2D eigenvalue weighted by molar-refractivity contribution is 0.378. The highest BCUT2D eigenvalue weighted by Crippen LogP contribution is 2.31. The van der Waals surface area contributed by atoms with Crippen LogP contribution in [0.4, 0.5) is 0 Å². The van der Waals surface area contributed by atoms with Crippen LogP contribution in [0, 0.1) is 0 Å². The van der Waals surface area contributed by atoms with Crippen LogP contribution < -0.4 is 4.74 Å². The number of hydrogen-bond acceptors (Lipinski definition) is 4. The maximum Gasteiger partial charge on any atom is 0.235 e. The summed E-state index contributed by atoms with van der Waals surface area (Å²) in [4.78, 5) is 18.0. The Balaban J connectivity index is 3.30. The number of aromatic nitrogens is 1. The summed E-state index contributed by atoms with van der Waals surface area (Å²) < 4.78 is 5.07. The fraction of sp³-hybridized carbons (Fsp3) is 0.400. The van der Waals surface area contributed by atoms with Gasteiger partial charge in [-0.3, -0.25) is 0 Å². The van der Waals surface area contributed by atoms with Gasteiger partial charge in [0.05, 0.1) is 12.6 Å². The molecule has 15 heavy (non-hydrogen) atoms. The van der Waals surface area contributed by atoms with Gasteiger partial charge in [0.2, 0.25) is 12.0 Å². The van der Waals surface area contributed by atoms with Crippen molar-refractivity contribution in [3.63, 3.8) is 0 Å². The van der Waals surface area contributed by atoms with E-state index in [0.717, 1.165) is 0 Å². The third-order valence-corrected chi connectivity index (χ3v) is 2.21. The molecule has 0 atom stereocenters. The van der Waals surface area contributed by atoms with Crippen molar-refractivity contribution < 1.29 is 9.53 Å². The van der Waals surface area contributed by atoms with E-state index in [0.29, 0.717) is 16.6 Å². The van der Waals surface area contributed by atoms with Crippen LogP contribution in [0.2, 0.25) is 5.15 Å². The second kappa shape index (κ2) is 4.43. The van der Waals surface area contributed by atoms with Gasteiger partial charge in [0.15, 0.2) is 0 Å². The Morgan fingerprint density at radius 1 is 1.53 bits per heavy atom. The number of pyridine rings is 1. The first kappa shape index (κ1) is 11.7. The molecule has 0 saturated heterocycles. The maximum absolute atomic E-state index is 10.3. The van der Waals surface area contributed by atoms with Crippen molar-refractivity contribution in [3.05, 3.63) is 22.8 Å². The molecule has 1 aromatic heterocycles. The molecule has 0 aromatic carbocycles. The van der Waals surface area contributed by atoms with Gasteiger partial charge in [0.1, 0.15) is 5.15 Å². The molecule has 0 radical (unpaired) electrons. The van der Waals surface area contributed by atoms with E-state index in [4.69, 9.17) is 16.3 Å². The monoisotopic (exact) mass is 226 g/mol. The molecule has 0 aliphatic rings. The number of aliphatic imine (C=N–C) groups is 1. The normalized spacial score (nSPS) is 10.7. The number of ether oxygens (including phenoxy) is 1. The van der Waals surface area contributed by atoms with E-state index in [1.54, 1.807) is 26.0 Å². The van der Waals surface area contributed by atoms with Crippen molar-refractivity contribution in [2.45, 2.75) is 19.4 Å². The van der Waals surface area contributed by atoms with Gasteiger partial charge in [-0.2, -0.15) is 4.99 Å². The molecule has 0 saturated carbocycles. The lowest BCUT2D eigenvalue weighted by atomic mass is 9.96. The molecule has 0 spiro atoms. The van der Waals surface area contributed by atoms with E-state index in [2.05, 4.69) is 9.98 Å². The predicted molar refractivity (Wildman–Crippen MR) is 56.9 cm³/mol. The Hall–Kier alpha value is -1.38. The van der Waals surface area contributed by atoms with E-state index < -0.39 is 5.54 Å². The van der Waals surface area contributed by atoms with Crippen LogP contribution >= 0.6 is 11.6 Å². The molecule has 0 N–H and O–H groups in total. The van der Waals surface area contributed by atoms with Crippen LogP contribution in [0.3, 0.4) is 0 Å². The van der Waals surface area contributed by atoms with Crippen molar-refractivity contribution in [2.24, 2.45) is 4.99 Å². The van der Waals surface area contributed by atoms with E-state index in [1.165, 1.54) is 13.2 Å². The largest absolute Gasteiger partial charge is 0.481 e. The highest BCUT2D eigenvalue weighted by Gasteiger charge is 2.24. The number of rotatable bonds is 3. The molecule has 1 heterocycles. The van der Waals surface area contributed by atoms with Gasteiger partial charge in [-0.05, 0) is 26.0 Å². The van der Waals surface area contributed by atoms with Crippen LogP contribution in [0.5, 0.6) is 5.88 Å². The summed E-state index contributed by atoms with van der Waals surface area (Å²) in [5.41, 5.74) is -0.0252. The lowest BCUT2D eigenvalue weighted by Crippen LogP contribution is -2.15. The van der Waals surface area contributed by atoms with Gasteiger partial charge in [-0.15, -0.1) is 0 Å². The fourth-order valence-electron chi connectivity index (χ4n) is 1.21. The molecule has 0 fully saturated rings. The summed E-state index contributed by atoms with van der Waals surface area (Å²) in [7, 11) is 1.49. The fourth-order valence-corrected chi connectivity index (χ4v) is 1.35. The van der Waals surface area contributed by atoms with Gasteiger partial charge >= 0.3 is 0 Å². The highest BCUT2D eigenvalue weighted by molar-refractivity contribution is 6.29. The second-order valence-electron chi connectivity index (χ2n) is 3.45. The Morgan fingerprint density at radius 3 is 2.73 bits per heavy atom. The average molecular weight is 227 g/mol. The summed E-state index contributed by atoms with van der Waals surface area (Å²) in [5, 5.41) is 0.335. The van der Waals surface area contributed by atoms with Gasteiger partial charge in [-0.1, -0.05) is 11.6 Å². The highest BCUT2D eigenvalue weighted by atomic mass is 35.5. The summed E-state index contributed by atoms with van der Waals surface area (Å²) in [6, 6.07) is 3.36. The van der Waals surface area contributed by atoms with Crippen molar-refractivity contribution in [1.82, 2.24) is 4.98 Å². The molecule has 80 valence electrons. The number of isocyanates is 1. The molecule has 0 unspecified atom stereocenters. The Morgan fingerprint density at radius 2 is 2.20 bits per heavy atom. The molecule has 1 rings (SSSR count). The van der Waals surface area contributed by atoms with E-state index in [-0.39, 0.29) is 0 Å². The first-order valence-corrected chi connectivity index (χ1v) is 4.69. The average Bonchev–Trinajstić information content (AvgIpc) is 2.17. The van der Waals surface area contributed by atoms with Crippen LogP contribution in [0.1, 0.15) is 19.4 Å². The second-order valence-corrected chi connectivity index (χ2v) is 3.84.